The summed E-state index contributed by atoms with van der Waals surface area (Å²) in [5.41, 5.74) is 7.92. The van der Waals surface area contributed by atoms with Crippen LogP contribution in [0.5, 0.6) is 0 Å². The van der Waals surface area contributed by atoms with Crippen LogP contribution in [0.1, 0.15) is 49.8 Å². The molecular weight excluding hydrogens is 474 g/mol. The second kappa shape index (κ2) is 9.70. The Morgan fingerprint density at radius 3 is 2.33 bits per heavy atom. The summed E-state index contributed by atoms with van der Waals surface area (Å²) in [5.74, 6) is 2.31. The number of nitrogens with zero attached hydrogens (tertiary/aromatic N) is 2. The van der Waals surface area contributed by atoms with Gasteiger partial charge in [0.1, 0.15) is 0 Å². The number of rotatable bonds is 6. The van der Waals surface area contributed by atoms with Gasteiger partial charge in [-0.05, 0) is 92.5 Å². The topological polar surface area (TPSA) is 78.4 Å². The van der Waals surface area contributed by atoms with E-state index in [0.717, 1.165) is 65.9 Å². The molecule has 4 aliphatic carbocycles. The Hall–Kier alpha value is -2.00. The molecule has 6 nitrogen and oxygen atoms in total. The maximum atomic E-state index is 12.5. The summed E-state index contributed by atoms with van der Waals surface area (Å²) in [6.07, 6.45) is 9.25. The number of benzene rings is 1. The second-order valence-corrected chi connectivity index (χ2v) is 11.4. The predicted molar refractivity (Wildman–Crippen MR) is 137 cm³/mol. The van der Waals surface area contributed by atoms with Crippen LogP contribution in [0.25, 0.3) is 0 Å². The van der Waals surface area contributed by atoms with Gasteiger partial charge in [-0.2, -0.15) is 9.93 Å². The van der Waals surface area contributed by atoms with Gasteiger partial charge in [0.15, 0.2) is 0 Å². The lowest BCUT2D eigenvalue weighted by Crippen LogP contribution is -2.51. The molecule has 172 valence electrons. The Morgan fingerprint density at radius 1 is 1.06 bits per heavy atom. The number of pyridine rings is 1. The van der Waals surface area contributed by atoms with Crippen molar-refractivity contribution in [2.45, 2.75) is 38.5 Å². The Balaban J connectivity index is 1.25. The number of hydrogen-bond donors (Lipinski definition) is 3. The van der Waals surface area contributed by atoms with Gasteiger partial charge in [-0.3, -0.25) is 10.4 Å². The minimum Gasteiger partial charge on any atom is -0.262 e. The second-order valence-electron chi connectivity index (χ2n) is 9.44. The number of carbonyl (C=O) groups is 1. The van der Waals surface area contributed by atoms with Crippen molar-refractivity contribution in [3.8, 4) is 0 Å². The maximum absolute atomic E-state index is 12.5. The maximum Gasteiger partial charge on any atom is 0.350 e. The molecule has 1 aromatic heterocycles. The summed E-state index contributed by atoms with van der Waals surface area (Å²) in [5, 5.41) is 5.30. The first-order chi connectivity index (χ1) is 16.0. The SMILES string of the molecule is O=C(N/N=C(\c1ccccn1)C12CC3CC(CC(C3)C1)C2)NNSC(=S)c1ccc(Cl)cc1. The molecule has 1 aromatic carbocycles. The Kier molecular flexibility index (Phi) is 6.69. The lowest BCUT2D eigenvalue weighted by molar-refractivity contribution is -0.0123. The van der Waals surface area contributed by atoms with Crippen LogP contribution in [-0.2, 0) is 0 Å². The molecule has 4 bridgehead atoms. The Bertz CT molecular complexity index is 1020. The third-order valence-corrected chi connectivity index (χ3v) is 8.47. The van der Waals surface area contributed by atoms with Crippen molar-refractivity contribution in [2.75, 3.05) is 0 Å². The Labute approximate surface area is 208 Å². The molecule has 2 aromatic rings. The summed E-state index contributed by atoms with van der Waals surface area (Å²) in [6.45, 7) is 0. The van der Waals surface area contributed by atoms with Crippen molar-refractivity contribution in [3.63, 3.8) is 0 Å². The highest BCUT2D eigenvalue weighted by Crippen LogP contribution is 2.61. The fourth-order valence-corrected chi connectivity index (χ4v) is 7.13. The minimum absolute atomic E-state index is 0.00864. The molecule has 0 spiro atoms. The predicted octanol–water partition coefficient (Wildman–Crippen LogP) is 5.48. The third kappa shape index (κ3) is 5.09. The van der Waals surface area contributed by atoms with E-state index in [1.807, 2.05) is 30.3 Å². The van der Waals surface area contributed by atoms with E-state index >= 15 is 0 Å². The smallest absolute Gasteiger partial charge is 0.262 e. The zero-order valence-corrected chi connectivity index (χ0v) is 20.5. The van der Waals surface area contributed by atoms with Gasteiger partial charge < -0.3 is 0 Å². The number of thiocarbonyl (C=S) groups is 1. The lowest BCUT2D eigenvalue weighted by atomic mass is 9.48. The van der Waals surface area contributed by atoms with Crippen LogP contribution >= 0.6 is 35.8 Å². The van der Waals surface area contributed by atoms with Crippen LogP contribution < -0.4 is 15.7 Å². The van der Waals surface area contributed by atoms with Gasteiger partial charge in [-0.15, -0.1) is 0 Å². The summed E-state index contributed by atoms with van der Waals surface area (Å²) in [6, 6.07) is 12.7. The number of hydrazine groups is 1. The number of nitrogens with one attached hydrogen (secondary N) is 3. The van der Waals surface area contributed by atoms with Gasteiger partial charge in [-0.25, -0.2) is 10.2 Å². The van der Waals surface area contributed by atoms with E-state index in [9.17, 15) is 4.79 Å². The van der Waals surface area contributed by atoms with Crippen LogP contribution in [-0.4, -0.2) is 20.9 Å². The number of hydrazone groups is 1. The first-order valence-corrected chi connectivity index (χ1v) is 12.9. The van der Waals surface area contributed by atoms with Gasteiger partial charge >= 0.3 is 6.03 Å². The molecule has 1 heterocycles. The number of halogens is 1. The Morgan fingerprint density at radius 2 is 1.73 bits per heavy atom. The van der Waals surface area contributed by atoms with E-state index in [0.29, 0.717) is 9.22 Å². The molecule has 33 heavy (non-hydrogen) atoms. The molecule has 0 atom stereocenters. The van der Waals surface area contributed by atoms with E-state index in [4.69, 9.17) is 23.8 Å². The molecule has 0 saturated heterocycles. The summed E-state index contributed by atoms with van der Waals surface area (Å²) >= 11 is 12.4. The summed E-state index contributed by atoms with van der Waals surface area (Å²) in [4.78, 5) is 19.9. The van der Waals surface area contributed by atoms with Crippen LogP contribution in [0, 0.1) is 23.2 Å². The van der Waals surface area contributed by atoms with Crippen LogP contribution in [0.15, 0.2) is 53.8 Å². The fraction of sp³-hybridized carbons (Fsp3) is 0.417. The van der Waals surface area contributed by atoms with Crippen molar-refractivity contribution in [1.29, 1.82) is 0 Å². The highest BCUT2D eigenvalue weighted by molar-refractivity contribution is 8.22. The lowest BCUT2D eigenvalue weighted by Gasteiger charge is -2.56. The van der Waals surface area contributed by atoms with Crippen molar-refractivity contribution in [2.24, 2.45) is 28.3 Å². The van der Waals surface area contributed by atoms with Gasteiger partial charge in [-0.1, -0.05) is 42.0 Å². The van der Waals surface area contributed by atoms with E-state index in [1.54, 1.807) is 18.3 Å². The van der Waals surface area contributed by atoms with Crippen molar-refractivity contribution in [3.05, 3.63) is 64.9 Å². The van der Waals surface area contributed by atoms with Crippen molar-refractivity contribution < 1.29 is 4.79 Å². The fourth-order valence-electron chi connectivity index (χ4n) is 6.25. The van der Waals surface area contributed by atoms with Crippen LogP contribution in [0.4, 0.5) is 4.79 Å². The quantitative estimate of drug-likeness (QED) is 0.212. The molecule has 4 saturated carbocycles. The van der Waals surface area contributed by atoms with E-state index in [-0.39, 0.29) is 5.41 Å². The third-order valence-electron chi connectivity index (χ3n) is 7.11. The average Bonchev–Trinajstić information content (AvgIpc) is 2.79. The molecule has 4 fully saturated rings. The largest absolute Gasteiger partial charge is 0.350 e. The van der Waals surface area contributed by atoms with Gasteiger partial charge in [0.2, 0.25) is 0 Å². The van der Waals surface area contributed by atoms with Crippen LogP contribution in [0.3, 0.4) is 0 Å². The normalized spacial score (nSPS) is 27.9. The molecule has 0 unspecified atom stereocenters. The highest BCUT2D eigenvalue weighted by Gasteiger charge is 2.53. The van der Waals surface area contributed by atoms with E-state index in [2.05, 4.69) is 25.8 Å². The minimum atomic E-state index is -0.445. The molecule has 2 amide bonds. The zero-order chi connectivity index (χ0) is 22.8. The molecule has 3 N–H and O–H groups in total. The standard InChI is InChI=1S/C24H26ClN5OS2/c25-19-6-4-18(5-7-19)22(32)33-30-29-23(31)28-27-21(20-3-1-2-8-26-20)24-12-15-9-16(13-24)11-17(10-15)14-24/h1-8,15-17,30H,9-14H2,(H2,28,29,31)/b27-21+. The number of amides is 2. The monoisotopic (exact) mass is 499 g/mol. The molecule has 9 heteroatoms. The zero-order valence-electron chi connectivity index (χ0n) is 18.1. The first-order valence-electron chi connectivity index (χ1n) is 11.3. The number of carbonyl (C=O) groups excluding carboxylic acids is 1. The summed E-state index contributed by atoms with van der Waals surface area (Å²) < 4.78 is 0.596. The van der Waals surface area contributed by atoms with Gasteiger partial charge in [0.25, 0.3) is 0 Å². The molecule has 6 rings (SSSR count). The van der Waals surface area contributed by atoms with Crippen molar-refractivity contribution in [1.82, 2.24) is 20.7 Å². The molecule has 4 aliphatic rings. The van der Waals surface area contributed by atoms with Crippen LogP contribution in [0.2, 0.25) is 5.02 Å². The highest BCUT2D eigenvalue weighted by atomic mass is 35.5. The number of hydrogen-bond acceptors (Lipinski definition) is 6. The number of urea groups is 1. The van der Waals surface area contributed by atoms with Gasteiger partial charge in [0, 0.05) is 22.2 Å². The molecular formula is C24H26ClN5OS2. The molecule has 0 aliphatic heterocycles. The van der Waals surface area contributed by atoms with Crippen molar-refractivity contribution >= 4 is 51.7 Å². The molecule has 0 radical (unpaired) electrons. The van der Waals surface area contributed by atoms with E-state index < -0.39 is 6.03 Å². The van der Waals surface area contributed by atoms with E-state index in [1.165, 1.54) is 19.3 Å². The average molecular weight is 500 g/mol. The van der Waals surface area contributed by atoms with Gasteiger partial charge in [0.05, 0.1) is 15.6 Å². The summed E-state index contributed by atoms with van der Waals surface area (Å²) in [7, 11) is 0. The number of aromatic nitrogens is 1. The first kappa shape index (κ1) is 22.8.